The van der Waals surface area contributed by atoms with Crippen molar-refractivity contribution in [2.45, 2.75) is 0 Å². The van der Waals surface area contributed by atoms with E-state index in [0.717, 1.165) is 28.1 Å². The Morgan fingerprint density at radius 1 is 0.958 bits per heavy atom. The summed E-state index contributed by atoms with van der Waals surface area (Å²) < 4.78 is 7.13. The highest BCUT2D eigenvalue weighted by molar-refractivity contribution is 6.31. The molecule has 1 aromatic carbocycles. The van der Waals surface area contributed by atoms with Gasteiger partial charge in [-0.15, -0.1) is 10.2 Å². The average Bonchev–Trinajstić information content (AvgIpc) is 3.05. The number of hydrogen-bond acceptors (Lipinski definition) is 4. The summed E-state index contributed by atoms with van der Waals surface area (Å²) in [4.78, 5) is 4.11. The molecule has 3 heterocycles. The number of methoxy groups -OCH3 is 1. The number of benzene rings is 1. The van der Waals surface area contributed by atoms with Gasteiger partial charge in [0.05, 0.1) is 12.7 Å². The minimum atomic E-state index is 0.404. The summed E-state index contributed by atoms with van der Waals surface area (Å²) in [5, 5.41) is 8.87. The Morgan fingerprint density at radius 3 is 2.50 bits per heavy atom. The van der Waals surface area contributed by atoms with Crippen molar-refractivity contribution >= 4 is 17.2 Å². The lowest BCUT2D eigenvalue weighted by Gasteiger charge is -2.06. The van der Waals surface area contributed by atoms with E-state index in [9.17, 15) is 0 Å². The van der Waals surface area contributed by atoms with Crippen LogP contribution in [0, 0.1) is 0 Å². The van der Waals surface area contributed by atoms with Gasteiger partial charge in [0.1, 0.15) is 10.9 Å². The summed E-state index contributed by atoms with van der Waals surface area (Å²) in [5.41, 5.74) is 3.63. The van der Waals surface area contributed by atoms with Crippen molar-refractivity contribution in [3.05, 3.63) is 66.1 Å². The summed E-state index contributed by atoms with van der Waals surface area (Å²) in [6.45, 7) is 0. The Bertz CT molecular complexity index is 1010. The van der Waals surface area contributed by atoms with Crippen LogP contribution in [-0.2, 0) is 0 Å². The van der Waals surface area contributed by atoms with Crippen LogP contribution in [0.25, 0.3) is 28.2 Å². The Morgan fingerprint density at radius 2 is 1.75 bits per heavy atom. The van der Waals surface area contributed by atoms with Gasteiger partial charge in [0.15, 0.2) is 11.5 Å². The molecule has 0 saturated carbocycles. The highest BCUT2D eigenvalue weighted by atomic mass is 35.5. The first kappa shape index (κ1) is 14.7. The first-order valence-corrected chi connectivity index (χ1v) is 7.74. The highest BCUT2D eigenvalue weighted by Gasteiger charge is 2.12. The fourth-order valence-electron chi connectivity index (χ4n) is 2.58. The number of halogens is 1. The zero-order valence-electron chi connectivity index (χ0n) is 12.8. The van der Waals surface area contributed by atoms with Gasteiger partial charge in [0, 0.05) is 12.4 Å². The summed E-state index contributed by atoms with van der Waals surface area (Å²) in [7, 11) is 1.65. The normalized spacial score (nSPS) is 10.9. The third-order valence-electron chi connectivity index (χ3n) is 3.83. The Kier molecular flexibility index (Phi) is 3.63. The van der Waals surface area contributed by atoms with E-state index in [4.69, 9.17) is 16.3 Å². The van der Waals surface area contributed by atoms with E-state index in [-0.39, 0.29) is 0 Å². The second-order valence-corrected chi connectivity index (χ2v) is 5.60. The smallest absolute Gasteiger partial charge is 0.171 e. The van der Waals surface area contributed by atoms with Crippen LogP contribution in [0.4, 0.5) is 0 Å². The number of hydrogen-bond donors (Lipinski definition) is 0. The van der Waals surface area contributed by atoms with Gasteiger partial charge >= 0.3 is 0 Å². The molecule has 0 fully saturated rings. The van der Waals surface area contributed by atoms with E-state index in [1.807, 2.05) is 59.1 Å². The number of rotatable bonds is 3. The van der Waals surface area contributed by atoms with Gasteiger partial charge < -0.3 is 4.74 Å². The number of nitrogens with zero attached hydrogens (tertiary/aromatic N) is 4. The van der Waals surface area contributed by atoms with Gasteiger partial charge in [-0.1, -0.05) is 23.7 Å². The van der Waals surface area contributed by atoms with Crippen LogP contribution in [-0.4, -0.2) is 26.7 Å². The molecular formula is C18H13ClN4O. The molecule has 0 aliphatic rings. The van der Waals surface area contributed by atoms with Gasteiger partial charge in [-0.3, -0.25) is 4.40 Å². The molecule has 5 nitrogen and oxygen atoms in total. The fraction of sp³-hybridized carbons (Fsp3) is 0.0556. The number of fused-ring (bicyclic) bond motifs is 1. The lowest BCUT2D eigenvalue weighted by atomic mass is 10.1. The topological polar surface area (TPSA) is 52.3 Å². The standard InChI is InChI=1S/C18H13ClN4O/c1-24-14-7-4-12(5-8-14)13-6-9-16-21-22-18(23(16)11-13)15-3-2-10-20-17(15)19/h2-11H,1H3. The second kappa shape index (κ2) is 5.94. The Balaban J connectivity index is 1.85. The SMILES string of the molecule is COc1ccc(-c2ccc3nnc(-c4cccnc4Cl)n3c2)cc1. The molecule has 24 heavy (non-hydrogen) atoms. The van der Waals surface area contributed by atoms with Crippen LogP contribution in [0.2, 0.25) is 5.15 Å². The van der Waals surface area contributed by atoms with Crippen LogP contribution >= 0.6 is 11.6 Å². The lowest BCUT2D eigenvalue weighted by Crippen LogP contribution is -1.92. The van der Waals surface area contributed by atoms with Crippen molar-refractivity contribution in [1.29, 1.82) is 0 Å². The van der Waals surface area contributed by atoms with Crippen molar-refractivity contribution in [3.8, 4) is 28.3 Å². The molecule has 0 bridgehead atoms. The van der Waals surface area contributed by atoms with E-state index in [2.05, 4.69) is 15.2 Å². The molecule has 0 amide bonds. The maximum absolute atomic E-state index is 6.20. The van der Waals surface area contributed by atoms with E-state index in [1.54, 1.807) is 13.3 Å². The van der Waals surface area contributed by atoms with Gasteiger partial charge in [-0.2, -0.15) is 0 Å². The monoisotopic (exact) mass is 336 g/mol. The van der Waals surface area contributed by atoms with Crippen LogP contribution in [0.3, 0.4) is 0 Å². The largest absolute Gasteiger partial charge is 0.497 e. The van der Waals surface area contributed by atoms with Crippen LogP contribution in [0.5, 0.6) is 5.75 Å². The van der Waals surface area contributed by atoms with Crippen LogP contribution in [0.1, 0.15) is 0 Å². The molecule has 0 spiro atoms. The third-order valence-corrected chi connectivity index (χ3v) is 4.13. The molecular weight excluding hydrogens is 324 g/mol. The molecule has 0 unspecified atom stereocenters. The van der Waals surface area contributed by atoms with Gasteiger partial charge in [-0.05, 0) is 47.5 Å². The van der Waals surface area contributed by atoms with Crippen LogP contribution < -0.4 is 4.74 Å². The number of aromatic nitrogens is 4. The zero-order chi connectivity index (χ0) is 16.5. The number of ether oxygens (including phenoxy) is 1. The van der Waals surface area contributed by atoms with Gasteiger partial charge in [-0.25, -0.2) is 4.98 Å². The molecule has 0 saturated heterocycles. The quantitative estimate of drug-likeness (QED) is 0.528. The Hall–Kier alpha value is -2.92. The molecule has 3 aromatic heterocycles. The molecule has 4 aromatic rings. The lowest BCUT2D eigenvalue weighted by molar-refractivity contribution is 0.415. The maximum Gasteiger partial charge on any atom is 0.171 e. The van der Waals surface area contributed by atoms with Crippen molar-refractivity contribution in [2.75, 3.05) is 7.11 Å². The third kappa shape index (κ3) is 2.49. The van der Waals surface area contributed by atoms with E-state index in [0.29, 0.717) is 11.0 Å². The van der Waals surface area contributed by atoms with E-state index in [1.165, 1.54) is 0 Å². The highest BCUT2D eigenvalue weighted by Crippen LogP contribution is 2.27. The minimum Gasteiger partial charge on any atom is -0.497 e. The molecule has 4 rings (SSSR count). The van der Waals surface area contributed by atoms with Crippen molar-refractivity contribution in [1.82, 2.24) is 19.6 Å². The van der Waals surface area contributed by atoms with Crippen molar-refractivity contribution in [2.24, 2.45) is 0 Å². The number of pyridine rings is 2. The first-order chi connectivity index (χ1) is 11.8. The van der Waals surface area contributed by atoms with Crippen LogP contribution in [0.15, 0.2) is 60.9 Å². The summed E-state index contributed by atoms with van der Waals surface area (Å²) in [5.74, 6) is 1.49. The Labute approximate surface area is 143 Å². The van der Waals surface area contributed by atoms with Crippen molar-refractivity contribution in [3.63, 3.8) is 0 Å². The first-order valence-electron chi connectivity index (χ1n) is 7.36. The molecule has 6 heteroatoms. The molecule has 0 aliphatic carbocycles. The predicted octanol–water partition coefficient (Wildman–Crippen LogP) is 4.12. The maximum atomic E-state index is 6.20. The van der Waals surface area contributed by atoms with Gasteiger partial charge in [0.25, 0.3) is 0 Å². The summed E-state index contributed by atoms with van der Waals surface area (Å²) in [6.07, 6.45) is 3.65. The predicted molar refractivity (Wildman–Crippen MR) is 93.2 cm³/mol. The van der Waals surface area contributed by atoms with E-state index < -0.39 is 0 Å². The average molecular weight is 337 g/mol. The summed E-state index contributed by atoms with van der Waals surface area (Å²) >= 11 is 6.20. The minimum absolute atomic E-state index is 0.404. The molecule has 118 valence electrons. The molecule has 0 aliphatic heterocycles. The fourth-order valence-corrected chi connectivity index (χ4v) is 2.79. The molecule has 0 N–H and O–H groups in total. The van der Waals surface area contributed by atoms with Gasteiger partial charge in [0.2, 0.25) is 0 Å². The summed E-state index contributed by atoms with van der Waals surface area (Å²) in [6, 6.07) is 15.6. The second-order valence-electron chi connectivity index (χ2n) is 5.24. The zero-order valence-corrected chi connectivity index (χ0v) is 13.6. The van der Waals surface area contributed by atoms with Crippen molar-refractivity contribution < 1.29 is 4.74 Å². The van der Waals surface area contributed by atoms with E-state index >= 15 is 0 Å². The molecule has 0 atom stereocenters. The molecule has 0 radical (unpaired) electrons.